The Morgan fingerprint density at radius 3 is 1.84 bits per heavy atom. The molecule has 158 valence electrons. The molecule has 4 aromatic rings. The largest absolute Gasteiger partial charge is 0.457 e. The Labute approximate surface area is 185 Å². The van der Waals surface area contributed by atoms with Gasteiger partial charge in [-0.05, 0) is 36.2 Å². The zero-order valence-corrected chi connectivity index (χ0v) is 18.6. The fourth-order valence-corrected chi connectivity index (χ4v) is 5.62. The van der Waals surface area contributed by atoms with Crippen LogP contribution in [0.3, 0.4) is 0 Å². The fourth-order valence-electron chi connectivity index (χ4n) is 2.93. The van der Waals surface area contributed by atoms with Gasteiger partial charge < -0.3 is 14.4 Å². The highest BCUT2D eigenvalue weighted by Crippen LogP contribution is 2.60. The van der Waals surface area contributed by atoms with Crippen molar-refractivity contribution in [2.24, 2.45) is 0 Å². The van der Waals surface area contributed by atoms with Gasteiger partial charge >= 0.3 is 7.60 Å². The summed E-state index contributed by atoms with van der Waals surface area (Å²) < 4.78 is 26.5. The summed E-state index contributed by atoms with van der Waals surface area (Å²) in [6.07, 6.45) is 0.772. The van der Waals surface area contributed by atoms with E-state index in [9.17, 15) is 4.57 Å². The lowest BCUT2D eigenvalue weighted by atomic mass is 10.2. The summed E-state index contributed by atoms with van der Waals surface area (Å²) in [5.74, 6) is 0.110. The summed E-state index contributed by atoms with van der Waals surface area (Å²) in [6.45, 7) is 2.01. The third kappa shape index (κ3) is 5.32. The average Bonchev–Trinajstić information content (AvgIpc) is 3.27. The van der Waals surface area contributed by atoms with Gasteiger partial charge in [-0.25, -0.2) is 4.57 Å². The molecule has 1 atom stereocenters. The molecule has 0 saturated carbocycles. The van der Waals surface area contributed by atoms with Crippen molar-refractivity contribution in [3.63, 3.8) is 0 Å². The van der Waals surface area contributed by atoms with Crippen LogP contribution in [0.5, 0.6) is 11.5 Å². The van der Waals surface area contributed by atoms with Gasteiger partial charge in [0.15, 0.2) is 5.78 Å². The number of hydrogen-bond donors (Lipinski definition) is 1. The van der Waals surface area contributed by atoms with Crippen molar-refractivity contribution in [1.82, 2.24) is 10.2 Å². The second-order valence-electron chi connectivity index (χ2n) is 6.66. The lowest BCUT2D eigenvalue weighted by Gasteiger charge is -2.28. The van der Waals surface area contributed by atoms with Crippen molar-refractivity contribution < 1.29 is 13.6 Å². The van der Waals surface area contributed by atoms with E-state index < -0.39 is 13.4 Å². The Bertz CT molecular complexity index is 1090. The van der Waals surface area contributed by atoms with Gasteiger partial charge in [0.25, 0.3) is 0 Å². The molecule has 31 heavy (non-hydrogen) atoms. The maximum Gasteiger partial charge on any atom is 0.457 e. The van der Waals surface area contributed by atoms with Crippen molar-refractivity contribution >= 4 is 24.1 Å². The number of para-hydroxylation sites is 2. The van der Waals surface area contributed by atoms with Crippen LogP contribution in [0.2, 0.25) is 0 Å². The second-order valence-corrected chi connectivity index (χ2v) is 9.68. The van der Waals surface area contributed by atoms with Gasteiger partial charge in [-0.1, -0.05) is 85.0 Å². The normalized spacial score (nSPS) is 12.2. The summed E-state index contributed by atoms with van der Waals surface area (Å²) in [5, 5.41) is 13.1. The molecule has 0 aliphatic heterocycles. The summed E-state index contributed by atoms with van der Waals surface area (Å²) >= 11 is 1.42. The van der Waals surface area contributed by atoms with Crippen molar-refractivity contribution in [1.29, 1.82) is 0 Å². The van der Waals surface area contributed by atoms with Gasteiger partial charge in [0.2, 0.25) is 5.13 Å². The molecule has 0 aliphatic rings. The third-order valence-electron chi connectivity index (χ3n) is 4.41. The molecule has 6 nitrogen and oxygen atoms in total. The van der Waals surface area contributed by atoms with E-state index in [2.05, 4.69) is 15.5 Å². The average molecular weight is 451 g/mol. The SMILES string of the molecule is CCc1nnc(N[C@@H](c2ccccc2)P(=O)(Oc2ccccc2)Oc2ccccc2)s1. The molecule has 0 aliphatic carbocycles. The molecule has 0 spiro atoms. The van der Waals surface area contributed by atoms with Crippen LogP contribution in [0, 0.1) is 0 Å². The van der Waals surface area contributed by atoms with E-state index in [1.54, 1.807) is 24.3 Å². The van der Waals surface area contributed by atoms with Crippen LogP contribution < -0.4 is 14.4 Å². The summed E-state index contributed by atoms with van der Waals surface area (Å²) in [5.41, 5.74) is 0.756. The third-order valence-corrected chi connectivity index (χ3v) is 7.40. The monoisotopic (exact) mass is 451 g/mol. The molecular weight excluding hydrogens is 429 g/mol. The molecule has 3 aromatic carbocycles. The van der Waals surface area contributed by atoms with Crippen LogP contribution in [0.25, 0.3) is 0 Å². The molecule has 0 saturated heterocycles. The van der Waals surface area contributed by atoms with Gasteiger partial charge in [-0.3, -0.25) is 0 Å². The van der Waals surface area contributed by atoms with Gasteiger partial charge in [-0.2, -0.15) is 0 Å². The number of nitrogens with one attached hydrogen (secondary N) is 1. The lowest BCUT2D eigenvalue weighted by molar-refractivity contribution is 0.376. The highest BCUT2D eigenvalue weighted by molar-refractivity contribution is 7.55. The van der Waals surface area contributed by atoms with Crippen LogP contribution in [0.1, 0.15) is 23.3 Å². The maximum absolute atomic E-state index is 14.4. The van der Waals surface area contributed by atoms with Crippen molar-refractivity contribution in [3.05, 3.63) is 102 Å². The number of anilines is 1. The van der Waals surface area contributed by atoms with Gasteiger partial charge in [0.05, 0.1) is 0 Å². The first kappa shape index (κ1) is 21.1. The van der Waals surface area contributed by atoms with Crippen LogP contribution in [0.15, 0.2) is 91.0 Å². The highest BCUT2D eigenvalue weighted by atomic mass is 32.1. The van der Waals surface area contributed by atoms with Crippen molar-refractivity contribution in [2.75, 3.05) is 5.32 Å². The van der Waals surface area contributed by atoms with Gasteiger partial charge in [0.1, 0.15) is 16.5 Å². The molecule has 0 bridgehead atoms. The predicted octanol–water partition coefficient (Wildman–Crippen LogP) is 6.56. The van der Waals surface area contributed by atoms with Crippen LogP contribution in [-0.4, -0.2) is 10.2 Å². The van der Waals surface area contributed by atoms with E-state index in [0.717, 1.165) is 17.0 Å². The van der Waals surface area contributed by atoms with Crippen LogP contribution >= 0.6 is 18.9 Å². The molecule has 1 N–H and O–H groups in total. The molecule has 0 unspecified atom stereocenters. The fraction of sp³-hybridized carbons (Fsp3) is 0.130. The van der Waals surface area contributed by atoms with Gasteiger partial charge in [0, 0.05) is 0 Å². The van der Waals surface area contributed by atoms with Crippen molar-refractivity contribution in [3.8, 4) is 11.5 Å². The zero-order valence-electron chi connectivity index (χ0n) is 16.9. The first-order chi connectivity index (χ1) is 15.2. The van der Waals surface area contributed by atoms with E-state index in [1.165, 1.54) is 11.3 Å². The van der Waals surface area contributed by atoms with Crippen LogP contribution in [0.4, 0.5) is 5.13 Å². The number of nitrogens with zero attached hydrogens (tertiary/aromatic N) is 2. The minimum atomic E-state index is -3.83. The van der Waals surface area contributed by atoms with Crippen LogP contribution in [-0.2, 0) is 11.0 Å². The topological polar surface area (TPSA) is 73.3 Å². The Morgan fingerprint density at radius 2 is 1.35 bits per heavy atom. The highest BCUT2D eigenvalue weighted by Gasteiger charge is 2.41. The number of aryl methyl sites for hydroxylation is 1. The standard InChI is InChI=1S/C23H22N3O3PS/c1-2-21-25-26-23(31-21)24-22(18-12-6-3-7-13-18)30(27,28-19-14-8-4-9-15-19)29-20-16-10-5-11-17-20/h3-17,22H,2H2,1H3,(H,24,26)/t22-/m1/s1. The van der Waals surface area contributed by atoms with E-state index in [-0.39, 0.29) is 0 Å². The molecule has 8 heteroatoms. The lowest BCUT2D eigenvalue weighted by Crippen LogP contribution is -2.18. The second kappa shape index (κ2) is 9.77. The maximum atomic E-state index is 14.4. The minimum Gasteiger partial charge on any atom is -0.414 e. The first-order valence-corrected chi connectivity index (χ1v) is 12.3. The Morgan fingerprint density at radius 1 is 0.839 bits per heavy atom. The summed E-state index contributed by atoms with van der Waals surface area (Å²) in [7, 11) is -3.83. The quantitative estimate of drug-likeness (QED) is 0.291. The Kier molecular flexibility index (Phi) is 6.65. The van der Waals surface area contributed by atoms with Gasteiger partial charge in [-0.15, -0.1) is 10.2 Å². The van der Waals surface area contributed by atoms with E-state index in [1.807, 2.05) is 73.7 Å². The molecule has 1 heterocycles. The molecule has 4 rings (SSSR count). The number of hydrogen-bond acceptors (Lipinski definition) is 7. The Balaban J connectivity index is 1.77. The zero-order chi connectivity index (χ0) is 21.5. The minimum absolute atomic E-state index is 0.455. The van der Waals surface area contributed by atoms with E-state index >= 15 is 0 Å². The number of aromatic nitrogens is 2. The molecule has 0 fully saturated rings. The molecule has 0 amide bonds. The van der Waals surface area contributed by atoms with Crippen molar-refractivity contribution in [2.45, 2.75) is 19.1 Å². The Hall–Kier alpha value is -3.15. The van der Waals surface area contributed by atoms with E-state index in [4.69, 9.17) is 9.05 Å². The molecule has 1 aromatic heterocycles. The summed E-state index contributed by atoms with van der Waals surface area (Å²) in [6, 6.07) is 27.5. The summed E-state index contributed by atoms with van der Waals surface area (Å²) in [4.78, 5) is 0. The predicted molar refractivity (Wildman–Crippen MR) is 124 cm³/mol. The number of benzene rings is 3. The van der Waals surface area contributed by atoms with E-state index in [0.29, 0.717) is 16.6 Å². The molecule has 0 radical (unpaired) electrons. The molecular formula is C23H22N3O3PS. The number of rotatable bonds is 9. The first-order valence-electron chi connectivity index (χ1n) is 9.89. The smallest absolute Gasteiger partial charge is 0.414 e.